The van der Waals surface area contributed by atoms with Crippen molar-refractivity contribution in [1.29, 1.82) is 0 Å². The summed E-state index contributed by atoms with van der Waals surface area (Å²) in [5, 5.41) is 21.2. The molecule has 3 N–H and O–H groups in total. The van der Waals surface area contributed by atoms with Gasteiger partial charge in [0.1, 0.15) is 15.6 Å². The lowest BCUT2D eigenvalue weighted by Crippen LogP contribution is -2.29. The van der Waals surface area contributed by atoms with Gasteiger partial charge in [0, 0.05) is 18.7 Å². The van der Waals surface area contributed by atoms with Crippen LogP contribution in [0.2, 0.25) is 0 Å². The molecule has 9 nitrogen and oxygen atoms in total. The first-order valence-corrected chi connectivity index (χ1v) is 12.2. The standard InChI is InChI=1S/C25H24N2O7S2/c1-34-24(33)16-8-6-15(7-9-16)13-20-22(30)27(25(35)36-20)12-4-2-3-5-21(29)26-17-10-11-19(28)18(14-17)23(31)32/h6-11,13-14,28H,2-5,12H2,1H3,(H,26,29)(H,31,32). The number of phenols is 1. The number of esters is 1. The van der Waals surface area contributed by atoms with Crippen LogP contribution in [0.3, 0.4) is 0 Å². The molecule has 1 saturated heterocycles. The van der Waals surface area contributed by atoms with E-state index in [4.69, 9.17) is 17.3 Å². The van der Waals surface area contributed by atoms with Gasteiger partial charge < -0.3 is 20.3 Å². The van der Waals surface area contributed by atoms with Gasteiger partial charge in [-0.2, -0.15) is 0 Å². The Labute approximate surface area is 217 Å². The number of thiocarbonyl (C=S) groups is 1. The second kappa shape index (κ2) is 12.3. The average molecular weight is 529 g/mol. The topological polar surface area (TPSA) is 133 Å². The number of ether oxygens (including phenoxy) is 1. The molecule has 0 atom stereocenters. The Kier molecular flexibility index (Phi) is 9.20. The molecule has 0 saturated carbocycles. The van der Waals surface area contributed by atoms with E-state index < -0.39 is 11.9 Å². The van der Waals surface area contributed by atoms with Crippen molar-refractivity contribution in [3.8, 4) is 5.75 Å². The fourth-order valence-corrected chi connectivity index (χ4v) is 4.73. The third-order valence-corrected chi connectivity index (χ3v) is 6.68. The Hall–Kier alpha value is -3.70. The summed E-state index contributed by atoms with van der Waals surface area (Å²) < 4.78 is 5.15. The summed E-state index contributed by atoms with van der Waals surface area (Å²) in [5.41, 5.74) is 1.19. The maximum absolute atomic E-state index is 12.8. The molecular weight excluding hydrogens is 504 g/mol. The lowest BCUT2D eigenvalue weighted by Gasteiger charge is -2.14. The van der Waals surface area contributed by atoms with Crippen molar-refractivity contribution in [2.24, 2.45) is 0 Å². The molecule has 1 aliphatic rings. The number of hydrogen-bond acceptors (Lipinski definition) is 8. The molecule has 11 heteroatoms. The molecule has 36 heavy (non-hydrogen) atoms. The number of carbonyl (C=O) groups excluding carboxylic acids is 3. The molecule has 1 fully saturated rings. The van der Waals surface area contributed by atoms with Crippen molar-refractivity contribution in [1.82, 2.24) is 4.90 Å². The number of nitrogens with zero attached hydrogens (tertiary/aromatic N) is 1. The highest BCUT2D eigenvalue weighted by Gasteiger charge is 2.31. The number of amides is 2. The number of thioether (sulfide) groups is 1. The van der Waals surface area contributed by atoms with E-state index >= 15 is 0 Å². The van der Waals surface area contributed by atoms with Crippen LogP contribution in [0.15, 0.2) is 47.4 Å². The van der Waals surface area contributed by atoms with Gasteiger partial charge in [-0.15, -0.1) is 0 Å². The molecule has 1 aliphatic heterocycles. The highest BCUT2D eigenvalue weighted by Crippen LogP contribution is 2.33. The summed E-state index contributed by atoms with van der Waals surface area (Å²) in [4.78, 5) is 49.6. The Morgan fingerprint density at radius 3 is 2.50 bits per heavy atom. The Morgan fingerprint density at radius 2 is 1.83 bits per heavy atom. The monoisotopic (exact) mass is 528 g/mol. The molecule has 1 heterocycles. The maximum Gasteiger partial charge on any atom is 0.339 e. The Balaban J connectivity index is 1.44. The zero-order valence-corrected chi connectivity index (χ0v) is 21.0. The third-order valence-electron chi connectivity index (χ3n) is 5.30. The maximum atomic E-state index is 12.8. The van der Waals surface area contributed by atoms with Crippen molar-refractivity contribution in [2.75, 3.05) is 19.0 Å². The van der Waals surface area contributed by atoms with Gasteiger partial charge in [-0.25, -0.2) is 9.59 Å². The van der Waals surface area contributed by atoms with E-state index in [1.807, 2.05) is 0 Å². The summed E-state index contributed by atoms with van der Waals surface area (Å²) in [7, 11) is 1.31. The van der Waals surface area contributed by atoms with E-state index in [9.17, 15) is 24.3 Å². The minimum Gasteiger partial charge on any atom is -0.507 e. The van der Waals surface area contributed by atoms with Gasteiger partial charge >= 0.3 is 11.9 Å². The molecular formula is C25H24N2O7S2. The molecule has 2 amide bonds. The number of hydrogen-bond donors (Lipinski definition) is 3. The van der Waals surface area contributed by atoms with Crippen molar-refractivity contribution >= 4 is 63.8 Å². The summed E-state index contributed by atoms with van der Waals surface area (Å²) >= 11 is 6.57. The SMILES string of the molecule is COC(=O)c1ccc(C=C2SC(=S)N(CCCCCC(=O)Nc3ccc(O)c(C(=O)O)c3)C2=O)cc1. The predicted octanol–water partition coefficient (Wildman–Crippen LogP) is 4.28. The zero-order chi connectivity index (χ0) is 26.2. The van der Waals surface area contributed by atoms with Crippen LogP contribution >= 0.6 is 24.0 Å². The summed E-state index contributed by atoms with van der Waals surface area (Å²) in [6.07, 6.45) is 3.87. The van der Waals surface area contributed by atoms with E-state index in [1.54, 1.807) is 35.2 Å². The number of unbranched alkanes of at least 4 members (excludes halogenated alkanes) is 2. The van der Waals surface area contributed by atoms with E-state index in [-0.39, 0.29) is 29.5 Å². The second-order valence-electron chi connectivity index (χ2n) is 7.84. The van der Waals surface area contributed by atoms with Gasteiger partial charge in [0.05, 0.1) is 17.6 Å². The van der Waals surface area contributed by atoms with Gasteiger partial charge in [0.15, 0.2) is 0 Å². The molecule has 2 aromatic rings. The smallest absolute Gasteiger partial charge is 0.339 e. The van der Waals surface area contributed by atoms with Crippen molar-refractivity contribution in [3.05, 3.63) is 64.1 Å². The van der Waals surface area contributed by atoms with E-state index in [1.165, 1.54) is 37.1 Å². The number of carboxylic acid groups (broad SMARTS) is 1. The van der Waals surface area contributed by atoms with Gasteiger partial charge in [-0.3, -0.25) is 14.5 Å². The van der Waals surface area contributed by atoms with E-state index in [0.717, 1.165) is 5.56 Å². The number of benzene rings is 2. The van der Waals surface area contributed by atoms with Crippen LogP contribution in [-0.2, 0) is 14.3 Å². The number of aromatic hydroxyl groups is 1. The van der Waals surface area contributed by atoms with Crippen LogP contribution in [-0.4, -0.2) is 56.8 Å². The van der Waals surface area contributed by atoms with Crippen LogP contribution in [0.25, 0.3) is 6.08 Å². The number of aromatic carboxylic acids is 1. The number of nitrogens with one attached hydrogen (secondary N) is 1. The third kappa shape index (κ3) is 6.92. The molecule has 3 rings (SSSR count). The van der Waals surface area contributed by atoms with Crippen molar-refractivity contribution < 1.29 is 34.1 Å². The predicted molar refractivity (Wildman–Crippen MR) is 140 cm³/mol. The number of carbonyl (C=O) groups is 4. The van der Waals surface area contributed by atoms with Crippen molar-refractivity contribution in [2.45, 2.75) is 25.7 Å². The molecule has 188 valence electrons. The number of methoxy groups -OCH3 is 1. The van der Waals surface area contributed by atoms with Crippen molar-refractivity contribution in [3.63, 3.8) is 0 Å². The Morgan fingerprint density at radius 1 is 1.11 bits per heavy atom. The molecule has 0 aromatic heterocycles. The van der Waals surface area contributed by atoms with Crippen LogP contribution < -0.4 is 5.32 Å². The highest BCUT2D eigenvalue weighted by atomic mass is 32.2. The van der Waals surface area contributed by atoms with Gasteiger partial charge in [0.25, 0.3) is 5.91 Å². The van der Waals surface area contributed by atoms with Crippen LogP contribution in [0.5, 0.6) is 5.75 Å². The first-order chi connectivity index (χ1) is 17.2. The van der Waals surface area contributed by atoms with Gasteiger partial charge in [-0.05, 0) is 54.8 Å². The molecule has 2 aromatic carbocycles. The minimum absolute atomic E-state index is 0.179. The summed E-state index contributed by atoms with van der Waals surface area (Å²) in [6, 6.07) is 10.5. The fraction of sp³-hybridized carbons (Fsp3) is 0.240. The van der Waals surface area contributed by atoms with Crippen LogP contribution in [0.4, 0.5) is 5.69 Å². The summed E-state index contributed by atoms with van der Waals surface area (Å²) in [5.74, 6) is -2.55. The first kappa shape index (κ1) is 26.9. The molecule has 0 spiro atoms. The minimum atomic E-state index is -1.29. The van der Waals surface area contributed by atoms with Gasteiger partial charge in [0.2, 0.25) is 5.91 Å². The fourth-order valence-electron chi connectivity index (χ4n) is 3.42. The van der Waals surface area contributed by atoms with E-state index in [2.05, 4.69) is 10.1 Å². The van der Waals surface area contributed by atoms with Gasteiger partial charge in [-0.1, -0.05) is 42.5 Å². The molecule has 0 radical (unpaired) electrons. The molecule has 0 unspecified atom stereocenters. The normalized spacial score (nSPS) is 14.2. The summed E-state index contributed by atoms with van der Waals surface area (Å²) in [6.45, 7) is 0.435. The molecule has 0 aliphatic carbocycles. The quantitative estimate of drug-likeness (QED) is 0.136. The largest absolute Gasteiger partial charge is 0.507 e. The molecule has 0 bridgehead atoms. The lowest BCUT2D eigenvalue weighted by molar-refractivity contribution is -0.122. The van der Waals surface area contributed by atoms with Crippen LogP contribution in [0.1, 0.15) is 52.0 Å². The average Bonchev–Trinajstić information content (AvgIpc) is 3.12. The second-order valence-corrected chi connectivity index (χ2v) is 9.52. The highest BCUT2D eigenvalue weighted by molar-refractivity contribution is 8.26. The zero-order valence-electron chi connectivity index (χ0n) is 19.4. The Bertz CT molecular complexity index is 1230. The first-order valence-electron chi connectivity index (χ1n) is 11.0. The van der Waals surface area contributed by atoms with Crippen LogP contribution in [0, 0.1) is 0 Å². The number of anilines is 1. The van der Waals surface area contributed by atoms with E-state index in [0.29, 0.717) is 46.3 Å². The number of rotatable bonds is 10. The number of carboxylic acids is 1. The lowest BCUT2D eigenvalue weighted by atomic mass is 10.1.